The fraction of sp³-hybridized carbons (Fsp3) is 0.0714. The van der Waals surface area contributed by atoms with Crippen LogP contribution in [0.15, 0.2) is 51.4 Å². The van der Waals surface area contributed by atoms with E-state index in [-0.39, 0.29) is 11.2 Å². The number of nitrogens with zero attached hydrogens (tertiary/aromatic N) is 3. The van der Waals surface area contributed by atoms with Gasteiger partial charge in [0.2, 0.25) is 5.78 Å². The monoisotopic (exact) mass is 298 g/mol. The van der Waals surface area contributed by atoms with Crippen LogP contribution in [-0.4, -0.2) is 19.2 Å². The minimum Gasteiger partial charge on any atom is -0.271 e. The van der Waals surface area contributed by atoms with E-state index in [0.717, 1.165) is 5.56 Å². The average Bonchev–Trinajstić information content (AvgIpc) is 3.11. The Morgan fingerprint density at radius 1 is 1.14 bits per heavy atom. The lowest BCUT2D eigenvalue weighted by molar-refractivity contribution is 0.767. The van der Waals surface area contributed by atoms with Crippen LogP contribution in [0.3, 0.4) is 0 Å². The molecule has 0 atom stereocenters. The number of thiophene rings is 1. The Morgan fingerprint density at radius 3 is 2.76 bits per heavy atom. The van der Waals surface area contributed by atoms with Crippen molar-refractivity contribution in [2.75, 3.05) is 0 Å². The van der Waals surface area contributed by atoms with E-state index < -0.39 is 0 Å². The van der Waals surface area contributed by atoms with Crippen molar-refractivity contribution in [3.8, 4) is 0 Å². The van der Waals surface area contributed by atoms with Crippen LogP contribution >= 0.6 is 11.3 Å². The number of nitrogens with one attached hydrogen (secondary N) is 1. The van der Waals surface area contributed by atoms with Crippen molar-refractivity contribution in [1.29, 1.82) is 0 Å². The second-order valence-electron chi connectivity index (χ2n) is 4.68. The molecule has 0 fully saturated rings. The van der Waals surface area contributed by atoms with E-state index in [1.165, 1.54) is 20.3 Å². The number of aromatic nitrogens is 4. The van der Waals surface area contributed by atoms with Crippen LogP contribution in [0.1, 0.15) is 5.56 Å². The van der Waals surface area contributed by atoms with E-state index in [9.17, 15) is 9.59 Å². The highest BCUT2D eigenvalue weighted by Gasteiger charge is 2.15. The van der Waals surface area contributed by atoms with Crippen molar-refractivity contribution in [1.82, 2.24) is 19.2 Å². The molecule has 0 saturated carbocycles. The lowest BCUT2D eigenvalue weighted by atomic mass is 10.2. The molecule has 7 heteroatoms. The van der Waals surface area contributed by atoms with Gasteiger partial charge in [-0.1, -0.05) is 30.3 Å². The molecule has 0 saturated heterocycles. The normalized spacial score (nSPS) is 11.4. The predicted molar refractivity (Wildman–Crippen MR) is 81.0 cm³/mol. The molecule has 3 aromatic heterocycles. The minimum atomic E-state index is -0.338. The smallest absolute Gasteiger partial charge is 0.271 e. The summed E-state index contributed by atoms with van der Waals surface area (Å²) in [5.74, 6) is 0.333. The van der Waals surface area contributed by atoms with Gasteiger partial charge < -0.3 is 0 Å². The molecule has 0 unspecified atom stereocenters. The van der Waals surface area contributed by atoms with Gasteiger partial charge in [0.1, 0.15) is 4.70 Å². The third-order valence-electron chi connectivity index (χ3n) is 3.40. The molecule has 0 aliphatic rings. The molecule has 21 heavy (non-hydrogen) atoms. The highest BCUT2D eigenvalue weighted by atomic mass is 32.1. The Bertz CT molecular complexity index is 1060. The van der Waals surface area contributed by atoms with Gasteiger partial charge in [0.05, 0.1) is 12.1 Å². The van der Waals surface area contributed by atoms with Gasteiger partial charge in [-0.2, -0.15) is 0 Å². The summed E-state index contributed by atoms with van der Waals surface area (Å²) in [4.78, 5) is 24.6. The zero-order valence-corrected chi connectivity index (χ0v) is 11.6. The third-order valence-corrected chi connectivity index (χ3v) is 4.30. The molecule has 0 spiro atoms. The van der Waals surface area contributed by atoms with Gasteiger partial charge in [-0.25, -0.2) is 14.3 Å². The van der Waals surface area contributed by atoms with Crippen LogP contribution in [0, 0.1) is 0 Å². The molecular weight excluding hydrogens is 288 g/mol. The molecule has 0 radical (unpaired) electrons. The fourth-order valence-corrected chi connectivity index (χ4v) is 3.27. The molecular formula is C14H10N4O2S. The van der Waals surface area contributed by atoms with Crippen molar-refractivity contribution >= 4 is 27.3 Å². The van der Waals surface area contributed by atoms with Crippen molar-refractivity contribution in [3.05, 3.63) is 68.2 Å². The van der Waals surface area contributed by atoms with Gasteiger partial charge in [0.25, 0.3) is 5.56 Å². The Kier molecular flexibility index (Phi) is 2.55. The summed E-state index contributed by atoms with van der Waals surface area (Å²) < 4.78 is 3.52. The van der Waals surface area contributed by atoms with Crippen molar-refractivity contribution < 1.29 is 0 Å². The maximum Gasteiger partial charge on any atom is 0.349 e. The molecule has 1 aromatic carbocycles. The van der Waals surface area contributed by atoms with E-state index in [4.69, 9.17) is 0 Å². The van der Waals surface area contributed by atoms with E-state index in [2.05, 4.69) is 10.2 Å². The van der Waals surface area contributed by atoms with Crippen LogP contribution in [0.25, 0.3) is 16.0 Å². The second kappa shape index (κ2) is 4.42. The van der Waals surface area contributed by atoms with E-state index in [0.29, 0.717) is 22.5 Å². The van der Waals surface area contributed by atoms with Gasteiger partial charge in [0, 0.05) is 0 Å². The second-order valence-corrected chi connectivity index (χ2v) is 5.59. The lowest BCUT2D eigenvalue weighted by Crippen LogP contribution is -2.25. The molecule has 4 rings (SSSR count). The summed E-state index contributed by atoms with van der Waals surface area (Å²) >= 11 is 1.33. The summed E-state index contributed by atoms with van der Waals surface area (Å²) in [6.07, 6.45) is 0. The van der Waals surface area contributed by atoms with Crippen LogP contribution in [0.2, 0.25) is 0 Å². The lowest BCUT2D eigenvalue weighted by Gasteiger charge is -2.07. The predicted octanol–water partition coefficient (Wildman–Crippen LogP) is 1.45. The Morgan fingerprint density at radius 2 is 1.95 bits per heavy atom. The zero-order valence-electron chi connectivity index (χ0n) is 10.8. The zero-order chi connectivity index (χ0) is 14.4. The third kappa shape index (κ3) is 1.74. The topological polar surface area (TPSA) is 72.2 Å². The van der Waals surface area contributed by atoms with Crippen molar-refractivity contribution in [3.63, 3.8) is 0 Å². The van der Waals surface area contributed by atoms with Crippen LogP contribution < -0.4 is 11.2 Å². The van der Waals surface area contributed by atoms with Gasteiger partial charge in [-0.15, -0.1) is 16.4 Å². The van der Waals surface area contributed by atoms with Crippen molar-refractivity contribution in [2.45, 2.75) is 6.54 Å². The fourth-order valence-electron chi connectivity index (χ4n) is 2.45. The molecule has 104 valence electrons. The molecule has 1 N–H and O–H groups in total. The van der Waals surface area contributed by atoms with E-state index >= 15 is 0 Å². The van der Waals surface area contributed by atoms with E-state index in [1.807, 2.05) is 30.3 Å². The quantitative estimate of drug-likeness (QED) is 0.609. The highest BCUT2D eigenvalue weighted by Crippen LogP contribution is 2.17. The Balaban J connectivity index is 2.09. The highest BCUT2D eigenvalue weighted by molar-refractivity contribution is 7.17. The molecule has 0 aliphatic heterocycles. The molecule has 3 heterocycles. The summed E-state index contributed by atoms with van der Waals surface area (Å²) in [5, 5.41) is 8.22. The maximum absolute atomic E-state index is 12.6. The van der Waals surface area contributed by atoms with Gasteiger partial charge >= 0.3 is 5.69 Å². The van der Waals surface area contributed by atoms with Gasteiger partial charge in [0.15, 0.2) is 0 Å². The average molecular weight is 298 g/mol. The standard InChI is InChI=1S/C14H10N4O2S/c19-12-11-10(6-7-21-11)18-13(15-16-14(18)20)17(12)8-9-4-2-1-3-5-9/h1-7H,8H2,(H,16,20). The SMILES string of the molecule is O=c1c2sccc2n2c(=O)[nH]nc2n1Cc1ccccc1. The largest absolute Gasteiger partial charge is 0.349 e. The summed E-state index contributed by atoms with van der Waals surface area (Å²) in [5.41, 5.74) is 1.11. The first-order chi connectivity index (χ1) is 10.3. The van der Waals surface area contributed by atoms with Gasteiger partial charge in [-0.3, -0.25) is 9.36 Å². The number of fused-ring (bicyclic) bond motifs is 3. The summed E-state index contributed by atoms with van der Waals surface area (Å²) in [7, 11) is 0. The minimum absolute atomic E-state index is 0.129. The Labute approximate surface area is 121 Å². The number of benzene rings is 1. The van der Waals surface area contributed by atoms with Crippen LogP contribution in [0.5, 0.6) is 0 Å². The maximum atomic E-state index is 12.6. The number of rotatable bonds is 2. The summed E-state index contributed by atoms with van der Waals surface area (Å²) in [6.45, 7) is 0.376. The molecule has 4 aromatic rings. The first-order valence-electron chi connectivity index (χ1n) is 6.37. The number of H-pyrrole nitrogens is 1. The summed E-state index contributed by atoms with van der Waals surface area (Å²) in [6, 6.07) is 11.4. The Hall–Kier alpha value is -2.67. The number of hydrogen-bond acceptors (Lipinski definition) is 4. The van der Waals surface area contributed by atoms with Crippen LogP contribution in [0.4, 0.5) is 0 Å². The molecule has 0 amide bonds. The molecule has 0 bridgehead atoms. The molecule has 0 aliphatic carbocycles. The first kappa shape index (κ1) is 12.1. The molecule has 6 nitrogen and oxygen atoms in total. The van der Waals surface area contributed by atoms with E-state index in [1.54, 1.807) is 11.4 Å². The first-order valence-corrected chi connectivity index (χ1v) is 7.25. The van der Waals surface area contributed by atoms with Crippen molar-refractivity contribution in [2.24, 2.45) is 0 Å². The van der Waals surface area contributed by atoms with Gasteiger partial charge in [-0.05, 0) is 17.0 Å². The van der Waals surface area contributed by atoms with Crippen LogP contribution in [-0.2, 0) is 6.54 Å². The number of aromatic amines is 1. The number of hydrogen-bond donors (Lipinski definition) is 1.